The Hall–Kier alpha value is -2.90. The maximum absolute atomic E-state index is 12.2. The number of nitrogens with one attached hydrogen (secondary N) is 3. The van der Waals surface area contributed by atoms with Crippen LogP contribution >= 0.6 is 0 Å². The lowest BCUT2D eigenvalue weighted by atomic mass is 9.95. The fourth-order valence-electron chi connectivity index (χ4n) is 2.14. The molecule has 0 aliphatic rings. The first-order valence-corrected chi connectivity index (χ1v) is 7.91. The average Bonchev–Trinajstić information content (AvgIpc) is 3.04. The number of hydrogen-bond donors (Lipinski definition) is 3. The van der Waals surface area contributed by atoms with Gasteiger partial charge in [-0.2, -0.15) is 0 Å². The van der Waals surface area contributed by atoms with Crippen LogP contribution in [-0.4, -0.2) is 34.9 Å². The number of nitrogens with zero attached hydrogens (tertiary/aromatic N) is 1. The Morgan fingerprint density at radius 2 is 1.84 bits per heavy atom. The van der Waals surface area contributed by atoms with Gasteiger partial charge >= 0.3 is 0 Å². The van der Waals surface area contributed by atoms with Gasteiger partial charge in [0.25, 0.3) is 17.4 Å². The monoisotopic (exact) mass is 346 g/mol. The lowest BCUT2D eigenvalue weighted by Crippen LogP contribution is -2.38. The second-order valence-corrected chi connectivity index (χ2v) is 6.61. The van der Waals surface area contributed by atoms with Crippen molar-refractivity contribution in [2.75, 3.05) is 13.1 Å². The van der Waals surface area contributed by atoms with Gasteiger partial charge in [-0.1, -0.05) is 20.8 Å². The van der Waals surface area contributed by atoms with Crippen molar-refractivity contribution in [1.29, 1.82) is 0 Å². The first-order chi connectivity index (χ1) is 11.7. The summed E-state index contributed by atoms with van der Waals surface area (Å²) in [5.41, 5.74) is -0.458. The molecule has 0 spiro atoms. The third-order valence-corrected chi connectivity index (χ3v) is 3.48. The Kier molecular flexibility index (Phi) is 5.41. The molecule has 2 amide bonds. The summed E-state index contributed by atoms with van der Waals surface area (Å²) in [5, 5.41) is 5.20. The third kappa shape index (κ3) is 4.56. The van der Waals surface area contributed by atoms with E-state index in [0.29, 0.717) is 11.5 Å². The molecule has 0 unspecified atom stereocenters. The van der Waals surface area contributed by atoms with Crippen molar-refractivity contribution in [3.05, 3.63) is 51.6 Å². The molecule has 8 nitrogen and oxygen atoms in total. The van der Waals surface area contributed by atoms with Gasteiger partial charge in [0, 0.05) is 18.5 Å². The van der Waals surface area contributed by atoms with E-state index in [9.17, 15) is 14.4 Å². The van der Waals surface area contributed by atoms with Crippen LogP contribution in [0.4, 0.5) is 0 Å². The van der Waals surface area contributed by atoms with Crippen LogP contribution in [0.5, 0.6) is 0 Å². The zero-order valence-corrected chi connectivity index (χ0v) is 14.7. The van der Waals surface area contributed by atoms with Crippen molar-refractivity contribution in [1.82, 2.24) is 20.6 Å². The topological polar surface area (TPSA) is 117 Å². The molecule has 3 N–H and O–H groups in total. The van der Waals surface area contributed by atoms with Crippen LogP contribution < -0.4 is 16.2 Å². The van der Waals surface area contributed by atoms with Gasteiger partial charge in [-0.05, 0) is 19.1 Å². The molecule has 0 saturated carbocycles. The molecular weight excluding hydrogens is 324 g/mol. The van der Waals surface area contributed by atoms with Crippen molar-refractivity contribution in [3.63, 3.8) is 0 Å². The average molecular weight is 346 g/mol. The van der Waals surface area contributed by atoms with Gasteiger partial charge in [0.15, 0.2) is 5.76 Å². The molecular formula is C17H22N4O4. The molecule has 0 aromatic carbocycles. The van der Waals surface area contributed by atoms with E-state index in [1.807, 2.05) is 20.8 Å². The molecule has 0 atom stereocenters. The van der Waals surface area contributed by atoms with Crippen LogP contribution in [0.3, 0.4) is 0 Å². The van der Waals surface area contributed by atoms with Crippen molar-refractivity contribution < 1.29 is 14.0 Å². The second kappa shape index (κ2) is 7.33. The van der Waals surface area contributed by atoms with Gasteiger partial charge in [-0.25, -0.2) is 4.98 Å². The number of rotatable bonds is 5. The molecule has 2 aromatic heterocycles. The van der Waals surface area contributed by atoms with Gasteiger partial charge in [0.05, 0.1) is 12.0 Å². The van der Waals surface area contributed by atoms with Crippen molar-refractivity contribution in [2.24, 2.45) is 0 Å². The molecule has 2 aromatic rings. The number of H-pyrrole nitrogens is 1. The molecule has 134 valence electrons. The predicted octanol–water partition coefficient (Wildman–Crippen LogP) is 1.13. The van der Waals surface area contributed by atoms with E-state index >= 15 is 0 Å². The number of furan rings is 1. The molecule has 25 heavy (non-hydrogen) atoms. The molecule has 0 aliphatic carbocycles. The number of hydrogen-bond acceptors (Lipinski definition) is 5. The van der Waals surface area contributed by atoms with E-state index < -0.39 is 11.5 Å². The van der Waals surface area contributed by atoms with E-state index in [0.717, 1.165) is 0 Å². The minimum Gasteiger partial charge on any atom is -0.459 e. The number of carbonyl (C=O) groups excluding carboxylic acids is 2. The molecule has 8 heteroatoms. The summed E-state index contributed by atoms with van der Waals surface area (Å²) < 4.78 is 4.96. The van der Waals surface area contributed by atoms with Crippen LogP contribution in [0.15, 0.2) is 27.6 Å². The van der Waals surface area contributed by atoms with Crippen molar-refractivity contribution in [3.8, 4) is 0 Å². The largest absolute Gasteiger partial charge is 0.459 e. The summed E-state index contributed by atoms with van der Waals surface area (Å²) in [5.74, 6) is -0.179. The lowest BCUT2D eigenvalue weighted by Gasteiger charge is -2.18. The highest BCUT2D eigenvalue weighted by Crippen LogP contribution is 2.17. The fourth-order valence-corrected chi connectivity index (χ4v) is 2.14. The number of aromatic amines is 1. The summed E-state index contributed by atoms with van der Waals surface area (Å²) in [6.45, 7) is 7.77. The van der Waals surface area contributed by atoms with Crippen LogP contribution in [0.1, 0.15) is 53.2 Å². The summed E-state index contributed by atoms with van der Waals surface area (Å²) in [6, 6.07) is 3.15. The van der Waals surface area contributed by atoms with Gasteiger partial charge in [0.2, 0.25) is 0 Å². The highest BCUT2D eigenvalue weighted by atomic mass is 16.3. The highest BCUT2D eigenvalue weighted by molar-refractivity contribution is 5.95. The fraction of sp³-hybridized carbons (Fsp3) is 0.412. The van der Waals surface area contributed by atoms with Crippen LogP contribution in [0.2, 0.25) is 0 Å². The summed E-state index contributed by atoms with van der Waals surface area (Å²) in [6.07, 6.45) is 1.40. The number of amides is 2. The first-order valence-electron chi connectivity index (χ1n) is 7.91. The molecule has 0 bridgehead atoms. The molecule has 2 rings (SSSR count). The van der Waals surface area contributed by atoms with E-state index in [1.54, 1.807) is 19.1 Å². The number of aromatic nitrogens is 2. The van der Waals surface area contributed by atoms with Crippen LogP contribution in [0, 0.1) is 6.92 Å². The molecule has 2 heterocycles. The Labute approximate surface area is 145 Å². The zero-order valence-electron chi connectivity index (χ0n) is 14.7. The Bertz CT molecular complexity index is 816. The standard InChI is InChI=1S/C17H22N4O4/c1-10-12(15(24)21-16(20-10)17(2,3)4)14(23)19-8-7-18-13(22)11-6-5-9-25-11/h5-6,9H,7-8H2,1-4H3,(H,18,22)(H,19,23)(H,20,21,24). The van der Waals surface area contributed by atoms with Crippen LogP contribution in [0.25, 0.3) is 0 Å². The quantitative estimate of drug-likeness (QED) is 0.702. The lowest BCUT2D eigenvalue weighted by molar-refractivity contribution is 0.0909. The van der Waals surface area contributed by atoms with Crippen LogP contribution in [-0.2, 0) is 5.41 Å². The third-order valence-electron chi connectivity index (χ3n) is 3.48. The normalized spacial score (nSPS) is 11.2. The smallest absolute Gasteiger partial charge is 0.287 e. The molecule has 0 aliphatic heterocycles. The minimum absolute atomic E-state index is 0.0228. The Morgan fingerprint density at radius 1 is 1.20 bits per heavy atom. The van der Waals surface area contributed by atoms with Gasteiger partial charge < -0.3 is 20.0 Å². The SMILES string of the molecule is Cc1nc(C(C)(C)C)[nH]c(=O)c1C(=O)NCCNC(=O)c1ccco1. The van der Waals surface area contributed by atoms with Crippen molar-refractivity contribution >= 4 is 11.8 Å². The second-order valence-electron chi connectivity index (χ2n) is 6.61. The predicted molar refractivity (Wildman–Crippen MR) is 91.7 cm³/mol. The van der Waals surface area contributed by atoms with Crippen molar-refractivity contribution in [2.45, 2.75) is 33.1 Å². The maximum Gasteiger partial charge on any atom is 0.287 e. The summed E-state index contributed by atoms with van der Waals surface area (Å²) in [4.78, 5) is 43.1. The van der Waals surface area contributed by atoms with E-state index in [2.05, 4.69) is 20.6 Å². The van der Waals surface area contributed by atoms with E-state index in [-0.39, 0.29) is 35.7 Å². The molecule has 0 fully saturated rings. The Morgan fingerprint density at radius 3 is 2.36 bits per heavy atom. The minimum atomic E-state index is -0.529. The van der Waals surface area contributed by atoms with E-state index in [4.69, 9.17) is 4.42 Å². The van der Waals surface area contributed by atoms with Gasteiger partial charge in [0.1, 0.15) is 11.4 Å². The Balaban J connectivity index is 1.95. The summed E-state index contributed by atoms with van der Waals surface area (Å²) in [7, 11) is 0. The van der Waals surface area contributed by atoms with E-state index in [1.165, 1.54) is 6.26 Å². The maximum atomic E-state index is 12.2. The molecule has 0 radical (unpaired) electrons. The number of aryl methyl sites for hydroxylation is 1. The number of carbonyl (C=O) groups is 2. The summed E-state index contributed by atoms with van der Waals surface area (Å²) >= 11 is 0. The zero-order chi connectivity index (χ0) is 18.6. The van der Waals surface area contributed by atoms with Gasteiger partial charge in [-0.3, -0.25) is 14.4 Å². The first kappa shape index (κ1) is 18.4. The molecule has 0 saturated heterocycles. The highest BCUT2D eigenvalue weighted by Gasteiger charge is 2.22. The van der Waals surface area contributed by atoms with Gasteiger partial charge in [-0.15, -0.1) is 0 Å².